The molecule has 0 saturated heterocycles. The summed E-state index contributed by atoms with van der Waals surface area (Å²) in [6.45, 7) is 6.94. The van der Waals surface area contributed by atoms with Crippen LogP contribution >= 0.6 is 0 Å². The van der Waals surface area contributed by atoms with E-state index in [2.05, 4.69) is 20.8 Å². The van der Waals surface area contributed by atoms with Crippen LogP contribution in [0, 0.1) is 17.3 Å². The second-order valence-corrected chi connectivity index (χ2v) is 8.66. The largest absolute Gasteiger partial charge is 0.508 e. The van der Waals surface area contributed by atoms with Crippen molar-refractivity contribution in [1.29, 1.82) is 0 Å². The highest BCUT2D eigenvalue weighted by atomic mass is 16.5. The Bertz CT molecular complexity index is 773. The molecule has 2 aromatic rings. The molecule has 25 heavy (non-hydrogen) atoms. The van der Waals surface area contributed by atoms with Crippen molar-refractivity contribution in [2.75, 3.05) is 0 Å². The maximum absolute atomic E-state index is 9.96. The standard InChI is InChI=1S/C22H26O3/c1-22(2,3)14-10-17-18-12-16(24)8-9-20(18)25-21(19(17)11-14)13-4-6-15(23)7-5-13/h4-9,12,14,17,19,21,23-24H,10-11H2,1-3H3/t14-,17-,19-,21?/m0/s1. The summed E-state index contributed by atoms with van der Waals surface area (Å²) in [7, 11) is 0. The molecule has 132 valence electrons. The lowest BCUT2D eigenvalue weighted by Gasteiger charge is -2.36. The molecule has 3 heteroatoms. The summed E-state index contributed by atoms with van der Waals surface area (Å²) in [5, 5.41) is 19.6. The number of phenolic OH excluding ortho intramolecular Hbond substituents is 2. The normalized spacial score (nSPS) is 28.1. The van der Waals surface area contributed by atoms with Gasteiger partial charge in [0.2, 0.25) is 0 Å². The molecule has 0 amide bonds. The van der Waals surface area contributed by atoms with Gasteiger partial charge in [-0.3, -0.25) is 0 Å². The first-order valence-electron chi connectivity index (χ1n) is 9.11. The van der Waals surface area contributed by atoms with Crippen molar-refractivity contribution >= 4 is 0 Å². The van der Waals surface area contributed by atoms with Crippen LogP contribution in [-0.4, -0.2) is 10.2 Å². The lowest BCUT2D eigenvalue weighted by atomic mass is 9.79. The molecule has 1 aliphatic heterocycles. The van der Waals surface area contributed by atoms with E-state index in [1.165, 1.54) is 0 Å². The van der Waals surface area contributed by atoms with Crippen molar-refractivity contribution in [1.82, 2.24) is 0 Å². The summed E-state index contributed by atoms with van der Waals surface area (Å²) in [5.41, 5.74) is 2.52. The Hall–Kier alpha value is -2.16. The molecule has 4 rings (SSSR count). The first-order chi connectivity index (χ1) is 11.8. The van der Waals surface area contributed by atoms with E-state index in [1.54, 1.807) is 18.2 Å². The molecule has 1 saturated carbocycles. The zero-order valence-corrected chi connectivity index (χ0v) is 15.1. The van der Waals surface area contributed by atoms with Crippen LogP contribution in [-0.2, 0) is 0 Å². The van der Waals surface area contributed by atoms with Crippen LogP contribution in [0.15, 0.2) is 42.5 Å². The lowest BCUT2D eigenvalue weighted by molar-refractivity contribution is 0.0994. The maximum atomic E-state index is 9.96. The lowest BCUT2D eigenvalue weighted by Crippen LogP contribution is -2.26. The van der Waals surface area contributed by atoms with E-state index < -0.39 is 0 Å². The molecule has 0 spiro atoms. The first kappa shape index (κ1) is 16.3. The maximum Gasteiger partial charge on any atom is 0.127 e. The van der Waals surface area contributed by atoms with E-state index in [-0.39, 0.29) is 17.3 Å². The zero-order chi connectivity index (χ0) is 17.8. The van der Waals surface area contributed by atoms with Crippen molar-refractivity contribution in [2.24, 2.45) is 17.3 Å². The highest BCUT2D eigenvalue weighted by molar-refractivity contribution is 5.46. The summed E-state index contributed by atoms with van der Waals surface area (Å²) in [5.74, 6) is 2.89. The first-order valence-corrected chi connectivity index (χ1v) is 9.11. The van der Waals surface area contributed by atoms with E-state index in [0.717, 1.165) is 29.7 Å². The van der Waals surface area contributed by atoms with E-state index in [0.29, 0.717) is 23.5 Å². The minimum Gasteiger partial charge on any atom is -0.508 e. The van der Waals surface area contributed by atoms with Crippen molar-refractivity contribution in [3.05, 3.63) is 53.6 Å². The Morgan fingerprint density at radius 2 is 1.60 bits per heavy atom. The Morgan fingerprint density at radius 3 is 2.28 bits per heavy atom. The van der Waals surface area contributed by atoms with Gasteiger partial charge >= 0.3 is 0 Å². The molecule has 2 aromatic carbocycles. The van der Waals surface area contributed by atoms with Crippen molar-refractivity contribution < 1.29 is 14.9 Å². The quantitative estimate of drug-likeness (QED) is 0.733. The molecule has 0 aromatic heterocycles. The van der Waals surface area contributed by atoms with Crippen LogP contribution in [0.3, 0.4) is 0 Å². The summed E-state index contributed by atoms with van der Waals surface area (Å²) in [4.78, 5) is 0. The molecular formula is C22H26O3. The number of aromatic hydroxyl groups is 2. The van der Waals surface area contributed by atoms with Crippen LogP contribution in [0.2, 0.25) is 0 Å². The fraction of sp³-hybridized carbons (Fsp3) is 0.455. The number of hydrogen-bond donors (Lipinski definition) is 2. The van der Waals surface area contributed by atoms with E-state index >= 15 is 0 Å². The van der Waals surface area contributed by atoms with Gasteiger partial charge in [0.1, 0.15) is 23.4 Å². The van der Waals surface area contributed by atoms with E-state index in [4.69, 9.17) is 4.74 Å². The van der Waals surface area contributed by atoms with Gasteiger partial charge in [-0.1, -0.05) is 32.9 Å². The van der Waals surface area contributed by atoms with Crippen LogP contribution in [0.5, 0.6) is 17.2 Å². The Kier molecular flexibility index (Phi) is 3.71. The Labute approximate surface area is 149 Å². The molecule has 1 aliphatic carbocycles. The van der Waals surface area contributed by atoms with Gasteiger partial charge in [0, 0.05) is 11.5 Å². The molecule has 0 bridgehead atoms. The Morgan fingerprint density at radius 1 is 0.920 bits per heavy atom. The van der Waals surface area contributed by atoms with E-state index in [9.17, 15) is 10.2 Å². The van der Waals surface area contributed by atoms with Crippen LogP contribution in [0.25, 0.3) is 0 Å². The molecule has 1 heterocycles. The van der Waals surface area contributed by atoms with Gasteiger partial charge in [-0.05, 0) is 66.0 Å². The predicted molar refractivity (Wildman–Crippen MR) is 98.0 cm³/mol. The molecule has 1 unspecified atom stereocenters. The van der Waals surface area contributed by atoms with Crippen molar-refractivity contribution in [2.45, 2.75) is 45.6 Å². The number of phenols is 2. The summed E-state index contributed by atoms with van der Waals surface area (Å²) in [6, 6.07) is 12.9. The summed E-state index contributed by atoms with van der Waals surface area (Å²) >= 11 is 0. The zero-order valence-electron chi connectivity index (χ0n) is 15.1. The average Bonchev–Trinajstić information content (AvgIpc) is 3.01. The topological polar surface area (TPSA) is 49.7 Å². The number of hydrogen-bond acceptors (Lipinski definition) is 3. The van der Waals surface area contributed by atoms with Gasteiger partial charge in [-0.25, -0.2) is 0 Å². The Balaban J connectivity index is 1.77. The van der Waals surface area contributed by atoms with Crippen LogP contribution in [0.4, 0.5) is 0 Å². The van der Waals surface area contributed by atoms with Crippen molar-refractivity contribution in [3.63, 3.8) is 0 Å². The monoisotopic (exact) mass is 338 g/mol. The molecule has 2 N–H and O–H groups in total. The van der Waals surface area contributed by atoms with Gasteiger partial charge in [-0.15, -0.1) is 0 Å². The van der Waals surface area contributed by atoms with Crippen LogP contribution in [0.1, 0.15) is 56.8 Å². The highest BCUT2D eigenvalue weighted by Crippen LogP contribution is 2.59. The fourth-order valence-electron chi connectivity index (χ4n) is 4.61. The third-order valence-electron chi connectivity index (χ3n) is 6.09. The summed E-state index contributed by atoms with van der Waals surface area (Å²) in [6.07, 6.45) is 2.24. The minimum atomic E-state index is -0.00464. The van der Waals surface area contributed by atoms with Gasteiger partial charge in [0.25, 0.3) is 0 Å². The predicted octanol–water partition coefficient (Wildman–Crippen LogP) is 5.39. The van der Waals surface area contributed by atoms with E-state index in [1.807, 2.05) is 24.3 Å². The van der Waals surface area contributed by atoms with Gasteiger partial charge in [0.15, 0.2) is 0 Å². The molecule has 1 fully saturated rings. The van der Waals surface area contributed by atoms with Gasteiger partial charge in [0.05, 0.1) is 0 Å². The van der Waals surface area contributed by atoms with Gasteiger partial charge in [-0.2, -0.15) is 0 Å². The molecule has 0 radical (unpaired) electrons. The number of fused-ring (bicyclic) bond motifs is 3. The molecule has 4 atom stereocenters. The second kappa shape index (κ2) is 5.69. The SMILES string of the molecule is CC(C)(C)[C@@H]1C[C@@H]2C(c3ccc(O)cc3)Oc3ccc(O)cc3[C@@H]2C1. The van der Waals surface area contributed by atoms with Gasteiger partial charge < -0.3 is 14.9 Å². The number of rotatable bonds is 1. The third kappa shape index (κ3) is 2.86. The average molecular weight is 338 g/mol. The highest BCUT2D eigenvalue weighted by Gasteiger charge is 2.48. The minimum absolute atomic E-state index is 0.00464. The van der Waals surface area contributed by atoms with Crippen molar-refractivity contribution in [3.8, 4) is 17.2 Å². The molecule has 2 aliphatic rings. The number of ether oxygens (including phenoxy) is 1. The summed E-state index contributed by atoms with van der Waals surface area (Å²) < 4.78 is 6.40. The van der Waals surface area contributed by atoms with Crippen LogP contribution < -0.4 is 4.74 Å². The fourth-order valence-corrected chi connectivity index (χ4v) is 4.61. The smallest absolute Gasteiger partial charge is 0.127 e. The molecular weight excluding hydrogens is 312 g/mol. The second-order valence-electron chi connectivity index (χ2n) is 8.66. The number of benzene rings is 2. The molecule has 3 nitrogen and oxygen atoms in total. The third-order valence-corrected chi connectivity index (χ3v) is 6.09.